The van der Waals surface area contributed by atoms with Crippen molar-refractivity contribution in [2.24, 2.45) is 5.73 Å². The second-order valence-corrected chi connectivity index (χ2v) is 5.87. The maximum Gasteiger partial charge on any atom is 0.255 e. The Kier molecular flexibility index (Phi) is 4.90. The Morgan fingerprint density at radius 2 is 1.96 bits per heavy atom. The first-order valence-electron chi connectivity index (χ1n) is 7.58. The number of primary amides is 1. The number of carbonyl (C=O) groups excluding carboxylic acids is 1. The van der Waals surface area contributed by atoms with Crippen LogP contribution in [0.25, 0.3) is 10.9 Å². The third kappa shape index (κ3) is 4.10. The van der Waals surface area contributed by atoms with Crippen molar-refractivity contribution in [1.29, 1.82) is 0 Å². The van der Waals surface area contributed by atoms with Crippen LogP contribution in [0.4, 0.5) is 5.69 Å². The Bertz CT molecular complexity index is 967. The van der Waals surface area contributed by atoms with E-state index in [1.807, 2.05) is 18.2 Å². The number of aromatic amines is 1. The van der Waals surface area contributed by atoms with Crippen LogP contribution in [0, 0.1) is 0 Å². The van der Waals surface area contributed by atoms with Gasteiger partial charge in [0, 0.05) is 23.2 Å². The summed E-state index contributed by atoms with van der Waals surface area (Å²) in [5.74, 6) is 0.0142. The summed E-state index contributed by atoms with van der Waals surface area (Å²) in [6, 6.07) is 14.3. The van der Waals surface area contributed by atoms with Crippen molar-refractivity contribution in [3.63, 3.8) is 0 Å². The molecule has 0 bridgehead atoms. The molecule has 3 rings (SSSR count). The highest BCUT2D eigenvalue weighted by molar-refractivity contribution is 6.35. The highest BCUT2D eigenvalue weighted by Gasteiger charge is 2.06. The molecular formula is C18H16ClN3O3. The third-order valence-corrected chi connectivity index (χ3v) is 3.94. The smallest absolute Gasteiger partial charge is 0.255 e. The highest BCUT2D eigenvalue weighted by atomic mass is 35.5. The number of amides is 1. The number of hydrogen-bond donors (Lipinski definition) is 3. The standard InChI is InChI=1S/C18H16ClN3O3/c19-15-3-1-2-11-8-12(18(24)22-17(11)15)9-21-13-4-6-14(7-5-13)25-10-16(20)23/h1-8,21H,9-10H2,(H2,20,23)(H,22,24). The average Bonchev–Trinajstić information content (AvgIpc) is 2.60. The van der Waals surface area contributed by atoms with Crippen molar-refractivity contribution in [2.75, 3.05) is 11.9 Å². The fourth-order valence-corrected chi connectivity index (χ4v) is 2.62. The second-order valence-electron chi connectivity index (χ2n) is 5.46. The van der Waals surface area contributed by atoms with E-state index in [0.29, 0.717) is 28.4 Å². The molecule has 0 unspecified atom stereocenters. The van der Waals surface area contributed by atoms with Gasteiger partial charge in [-0.15, -0.1) is 0 Å². The molecule has 2 aromatic carbocycles. The van der Waals surface area contributed by atoms with Gasteiger partial charge in [-0.2, -0.15) is 0 Å². The molecule has 1 heterocycles. The molecule has 0 saturated carbocycles. The molecular weight excluding hydrogens is 342 g/mol. The first kappa shape index (κ1) is 16.9. The number of fused-ring (bicyclic) bond motifs is 1. The van der Waals surface area contributed by atoms with E-state index in [-0.39, 0.29) is 12.2 Å². The van der Waals surface area contributed by atoms with Gasteiger partial charge in [0.2, 0.25) is 0 Å². The summed E-state index contributed by atoms with van der Waals surface area (Å²) in [6.07, 6.45) is 0. The lowest BCUT2D eigenvalue weighted by Crippen LogP contribution is -2.20. The third-order valence-electron chi connectivity index (χ3n) is 3.62. The molecule has 6 nitrogen and oxygen atoms in total. The molecule has 0 spiro atoms. The van der Waals surface area contributed by atoms with Crippen LogP contribution >= 0.6 is 11.6 Å². The van der Waals surface area contributed by atoms with Gasteiger partial charge in [-0.25, -0.2) is 0 Å². The van der Waals surface area contributed by atoms with Gasteiger partial charge in [0.25, 0.3) is 11.5 Å². The Morgan fingerprint density at radius 1 is 1.20 bits per heavy atom. The van der Waals surface area contributed by atoms with Crippen molar-refractivity contribution >= 4 is 34.1 Å². The first-order chi connectivity index (χ1) is 12.0. The van der Waals surface area contributed by atoms with Gasteiger partial charge >= 0.3 is 0 Å². The number of anilines is 1. The SMILES string of the molecule is NC(=O)COc1ccc(NCc2cc3cccc(Cl)c3[nH]c2=O)cc1. The molecule has 1 amide bonds. The van der Waals surface area contributed by atoms with E-state index < -0.39 is 5.91 Å². The fourth-order valence-electron chi connectivity index (χ4n) is 2.39. The van der Waals surface area contributed by atoms with Crippen molar-refractivity contribution in [2.45, 2.75) is 6.54 Å². The van der Waals surface area contributed by atoms with E-state index in [4.69, 9.17) is 22.1 Å². The molecule has 0 aliphatic heterocycles. The van der Waals surface area contributed by atoms with Crippen LogP contribution in [0.5, 0.6) is 5.75 Å². The zero-order valence-corrected chi connectivity index (χ0v) is 14.0. The Morgan fingerprint density at radius 3 is 2.68 bits per heavy atom. The maximum atomic E-state index is 12.2. The van der Waals surface area contributed by atoms with Gasteiger partial charge in [0.05, 0.1) is 10.5 Å². The number of rotatable bonds is 6. The Balaban J connectivity index is 1.71. The van der Waals surface area contributed by atoms with E-state index in [1.54, 1.807) is 30.3 Å². The molecule has 4 N–H and O–H groups in total. The van der Waals surface area contributed by atoms with Crippen molar-refractivity contribution in [3.05, 3.63) is 69.5 Å². The monoisotopic (exact) mass is 357 g/mol. The number of pyridine rings is 1. The van der Waals surface area contributed by atoms with E-state index in [2.05, 4.69) is 10.3 Å². The predicted molar refractivity (Wildman–Crippen MR) is 98.0 cm³/mol. The summed E-state index contributed by atoms with van der Waals surface area (Å²) < 4.78 is 5.19. The molecule has 0 saturated heterocycles. The van der Waals surface area contributed by atoms with E-state index in [9.17, 15) is 9.59 Å². The molecule has 0 fully saturated rings. The van der Waals surface area contributed by atoms with E-state index >= 15 is 0 Å². The molecule has 1 aromatic heterocycles. The normalized spacial score (nSPS) is 10.6. The molecule has 3 aromatic rings. The van der Waals surface area contributed by atoms with Gasteiger partial charge in [0.1, 0.15) is 5.75 Å². The van der Waals surface area contributed by atoms with Crippen molar-refractivity contribution in [3.8, 4) is 5.75 Å². The summed E-state index contributed by atoms with van der Waals surface area (Å²) in [5, 5.41) is 4.56. The number of aromatic nitrogens is 1. The van der Waals surface area contributed by atoms with E-state index in [1.165, 1.54) is 0 Å². The predicted octanol–water partition coefficient (Wildman–Crippen LogP) is 2.66. The van der Waals surface area contributed by atoms with Crippen LogP contribution in [0.15, 0.2) is 53.3 Å². The molecule has 0 aliphatic rings. The lowest BCUT2D eigenvalue weighted by Gasteiger charge is -2.09. The minimum Gasteiger partial charge on any atom is -0.484 e. The lowest BCUT2D eigenvalue weighted by molar-refractivity contribution is -0.119. The van der Waals surface area contributed by atoms with Crippen molar-refractivity contribution in [1.82, 2.24) is 4.98 Å². The number of nitrogens with one attached hydrogen (secondary N) is 2. The number of H-pyrrole nitrogens is 1. The van der Waals surface area contributed by atoms with Crippen LogP contribution in [0.3, 0.4) is 0 Å². The number of hydrogen-bond acceptors (Lipinski definition) is 4. The fraction of sp³-hybridized carbons (Fsp3) is 0.111. The summed E-state index contributed by atoms with van der Waals surface area (Å²) in [4.78, 5) is 25.7. The molecule has 25 heavy (non-hydrogen) atoms. The van der Waals surface area contributed by atoms with Gasteiger partial charge < -0.3 is 20.8 Å². The van der Waals surface area contributed by atoms with E-state index in [0.717, 1.165) is 11.1 Å². The topological polar surface area (TPSA) is 97.2 Å². The number of benzene rings is 2. The minimum atomic E-state index is -0.530. The first-order valence-corrected chi connectivity index (χ1v) is 7.96. The van der Waals surface area contributed by atoms with Crippen LogP contribution < -0.4 is 21.3 Å². The minimum absolute atomic E-state index is 0.165. The number of halogens is 1. The maximum absolute atomic E-state index is 12.2. The molecule has 7 heteroatoms. The molecule has 0 radical (unpaired) electrons. The molecule has 0 atom stereocenters. The lowest BCUT2D eigenvalue weighted by atomic mass is 10.1. The van der Waals surface area contributed by atoms with Crippen LogP contribution in [-0.4, -0.2) is 17.5 Å². The number of nitrogens with two attached hydrogens (primary N) is 1. The number of carbonyl (C=O) groups is 1. The zero-order valence-electron chi connectivity index (χ0n) is 13.2. The summed E-state index contributed by atoms with van der Waals surface area (Å²) in [7, 11) is 0. The average molecular weight is 358 g/mol. The quantitative estimate of drug-likeness (QED) is 0.631. The van der Waals surface area contributed by atoms with Gasteiger partial charge in [-0.05, 0) is 36.4 Å². The summed E-state index contributed by atoms with van der Waals surface area (Å²) in [5.41, 5.74) is 6.89. The Labute approximate surface area is 148 Å². The van der Waals surface area contributed by atoms with Crippen LogP contribution in [-0.2, 0) is 11.3 Å². The van der Waals surface area contributed by atoms with Gasteiger partial charge in [-0.1, -0.05) is 23.7 Å². The van der Waals surface area contributed by atoms with Crippen LogP contribution in [0.2, 0.25) is 5.02 Å². The highest BCUT2D eigenvalue weighted by Crippen LogP contribution is 2.21. The van der Waals surface area contributed by atoms with Gasteiger partial charge in [0.15, 0.2) is 6.61 Å². The number of para-hydroxylation sites is 1. The molecule has 128 valence electrons. The summed E-state index contributed by atoms with van der Waals surface area (Å²) in [6.45, 7) is 0.196. The largest absolute Gasteiger partial charge is 0.484 e. The number of ether oxygens (including phenoxy) is 1. The van der Waals surface area contributed by atoms with Crippen LogP contribution in [0.1, 0.15) is 5.56 Å². The zero-order chi connectivity index (χ0) is 17.8. The van der Waals surface area contributed by atoms with Gasteiger partial charge in [-0.3, -0.25) is 9.59 Å². The Hall–Kier alpha value is -2.99. The van der Waals surface area contributed by atoms with Crippen molar-refractivity contribution < 1.29 is 9.53 Å². The molecule has 0 aliphatic carbocycles. The summed E-state index contributed by atoms with van der Waals surface area (Å²) >= 11 is 6.09. The second kappa shape index (κ2) is 7.27.